The number of nitrogens with one attached hydrogen (secondary N) is 2. The number of rotatable bonds is 4. The third kappa shape index (κ3) is 3.82. The van der Waals surface area contributed by atoms with Crippen LogP contribution in [0, 0.1) is 12.3 Å². The first-order chi connectivity index (χ1) is 11.5. The fourth-order valence-electron chi connectivity index (χ4n) is 3.40. The molecule has 2 saturated carbocycles. The van der Waals surface area contributed by atoms with Crippen molar-refractivity contribution in [1.82, 2.24) is 5.32 Å². The second kappa shape index (κ2) is 7.26. The Hall–Kier alpha value is -1.36. The van der Waals surface area contributed by atoms with E-state index in [2.05, 4.69) is 26.6 Å². The molecule has 0 unspecified atom stereocenters. The highest BCUT2D eigenvalue weighted by Crippen LogP contribution is 2.47. The maximum absolute atomic E-state index is 12.7. The molecule has 0 heterocycles. The summed E-state index contributed by atoms with van der Waals surface area (Å²) in [6, 6.07) is 5.92. The first-order valence-electron chi connectivity index (χ1n) is 8.90. The van der Waals surface area contributed by atoms with Crippen molar-refractivity contribution in [3.63, 3.8) is 0 Å². The number of carbonyl (C=O) groups excluding carboxylic acids is 2. The quantitative estimate of drug-likeness (QED) is 0.592. The van der Waals surface area contributed by atoms with Gasteiger partial charge in [-0.3, -0.25) is 9.59 Å². The number of aryl methyl sites for hydroxylation is 1. The van der Waals surface area contributed by atoms with Gasteiger partial charge in [-0.2, -0.15) is 0 Å². The summed E-state index contributed by atoms with van der Waals surface area (Å²) in [5, 5.41) is 6.06. The second-order valence-electron chi connectivity index (χ2n) is 7.16. The van der Waals surface area contributed by atoms with E-state index in [1.807, 2.05) is 25.1 Å². The van der Waals surface area contributed by atoms with Crippen LogP contribution in [0.2, 0.25) is 0 Å². The number of benzene rings is 1. The Labute approximate surface area is 151 Å². The predicted octanol–water partition coefficient (Wildman–Crippen LogP) is 4.32. The van der Waals surface area contributed by atoms with Crippen molar-refractivity contribution in [1.29, 1.82) is 0 Å². The van der Waals surface area contributed by atoms with Gasteiger partial charge in [-0.05, 0) is 56.4 Å². The lowest BCUT2D eigenvalue weighted by atomic mass is 10.0. The van der Waals surface area contributed by atoms with Crippen molar-refractivity contribution < 1.29 is 9.59 Å². The monoisotopic (exact) mass is 392 g/mol. The standard InChI is InChI=1S/C19H25BrN2O2/c1-13-12-15(8-9-16(13)20)22-18(24)19(10-11-19)17(23)21-14-6-4-2-3-5-7-14/h8-9,12,14H,2-7,10-11H2,1H3,(H,21,23)(H,22,24). The second-order valence-corrected chi connectivity index (χ2v) is 8.02. The number of carbonyl (C=O) groups is 2. The lowest BCUT2D eigenvalue weighted by molar-refractivity contribution is -0.134. The molecular formula is C19H25BrN2O2. The normalized spacial score (nSPS) is 20.1. The Bertz CT molecular complexity index is 632. The zero-order valence-electron chi connectivity index (χ0n) is 14.2. The fraction of sp³-hybridized carbons (Fsp3) is 0.579. The molecule has 0 aliphatic heterocycles. The SMILES string of the molecule is Cc1cc(NC(=O)C2(C(=O)NC3CCCCCC3)CC2)ccc1Br. The molecular weight excluding hydrogens is 368 g/mol. The molecule has 0 bridgehead atoms. The highest BCUT2D eigenvalue weighted by Gasteiger charge is 2.56. The van der Waals surface area contributed by atoms with Gasteiger partial charge in [-0.25, -0.2) is 0 Å². The first kappa shape index (κ1) is 17.5. The van der Waals surface area contributed by atoms with Crippen molar-refractivity contribution in [3.05, 3.63) is 28.2 Å². The molecule has 130 valence electrons. The molecule has 0 saturated heterocycles. The zero-order chi connectivity index (χ0) is 17.2. The van der Waals surface area contributed by atoms with Gasteiger partial charge < -0.3 is 10.6 Å². The molecule has 5 heteroatoms. The van der Waals surface area contributed by atoms with Crippen LogP contribution >= 0.6 is 15.9 Å². The molecule has 24 heavy (non-hydrogen) atoms. The van der Waals surface area contributed by atoms with Gasteiger partial charge >= 0.3 is 0 Å². The largest absolute Gasteiger partial charge is 0.352 e. The number of hydrogen-bond acceptors (Lipinski definition) is 2. The Morgan fingerprint density at radius 1 is 1.08 bits per heavy atom. The average Bonchev–Trinajstić information content (AvgIpc) is 3.36. The van der Waals surface area contributed by atoms with Gasteiger partial charge in [0.1, 0.15) is 5.41 Å². The molecule has 2 fully saturated rings. The molecule has 0 spiro atoms. The van der Waals surface area contributed by atoms with Gasteiger partial charge in [0.25, 0.3) is 0 Å². The van der Waals surface area contributed by atoms with Crippen molar-refractivity contribution in [2.75, 3.05) is 5.32 Å². The van der Waals surface area contributed by atoms with E-state index in [1.165, 1.54) is 25.7 Å². The van der Waals surface area contributed by atoms with Crippen molar-refractivity contribution >= 4 is 33.4 Å². The summed E-state index contributed by atoms with van der Waals surface area (Å²) in [6.07, 6.45) is 8.21. The van der Waals surface area contributed by atoms with Crippen LogP contribution in [0.3, 0.4) is 0 Å². The summed E-state index contributed by atoms with van der Waals surface area (Å²) in [4.78, 5) is 25.3. The van der Waals surface area contributed by atoms with Crippen LogP contribution in [-0.4, -0.2) is 17.9 Å². The lowest BCUT2D eigenvalue weighted by Gasteiger charge is -2.21. The average molecular weight is 393 g/mol. The molecule has 4 nitrogen and oxygen atoms in total. The topological polar surface area (TPSA) is 58.2 Å². The summed E-state index contributed by atoms with van der Waals surface area (Å²) in [6.45, 7) is 1.98. The van der Waals surface area contributed by atoms with E-state index in [0.717, 1.165) is 28.6 Å². The molecule has 1 aromatic carbocycles. The van der Waals surface area contributed by atoms with Crippen molar-refractivity contribution in [3.8, 4) is 0 Å². The van der Waals surface area contributed by atoms with Crippen molar-refractivity contribution in [2.24, 2.45) is 5.41 Å². The lowest BCUT2D eigenvalue weighted by Crippen LogP contribution is -2.44. The van der Waals surface area contributed by atoms with E-state index in [0.29, 0.717) is 12.8 Å². The molecule has 3 rings (SSSR count). The van der Waals surface area contributed by atoms with Crippen LogP contribution in [-0.2, 0) is 9.59 Å². The van der Waals surface area contributed by atoms with Gasteiger partial charge in [0.15, 0.2) is 0 Å². The van der Waals surface area contributed by atoms with E-state index in [1.54, 1.807) is 0 Å². The molecule has 0 atom stereocenters. The van der Waals surface area contributed by atoms with Crippen LogP contribution in [0.1, 0.15) is 56.9 Å². The summed E-state index contributed by atoms with van der Waals surface area (Å²) < 4.78 is 1.01. The predicted molar refractivity (Wildman–Crippen MR) is 98.8 cm³/mol. The smallest absolute Gasteiger partial charge is 0.240 e. The summed E-state index contributed by atoms with van der Waals surface area (Å²) in [5.74, 6) is -0.254. The third-order valence-electron chi connectivity index (χ3n) is 5.23. The number of anilines is 1. The fourth-order valence-corrected chi connectivity index (χ4v) is 3.65. The van der Waals surface area contributed by atoms with E-state index < -0.39 is 5.41 Å². The molecule has 2 aliphatic rings. The van der Waals surface area contributed by atoms with Crippen molar-refractivity contribution in [2.45, 2.75) is 64.3 Å². The molecule has 2 N–H and O–H groups in total. The van der Waals surface area contributed by atoms with Crippen LogP contribution in [0.5, 0.6) is 0 Å². The van der Waals surface area contributed by atoms with Crippen LogP contribution < -0.4 is 10.6 Å². The summed E-state index contributed by atoms with van der Waals surface area (Å²) >= 11 is 3.46. The Kier molecular flexibility index (Phi) is 5.28. The maximum Gasteiger partial charge on any atom is 0.240 e. The number of amides is 2. The Morgan fingerprint density at radius 2 is 1.75 bits per heavy atom. The van der Waals surface area contributed by atoms with E-state index in [9.17, 15) is 9.59 Å². The van der Waals surface area contributed by atoms with E-state index in [-0.39, 0.29) is 17.9 Å². The minimum Gasteiger partial charge on any atom is -0.352 e. The minimum atomic E-state index is -0.854. The summed E-state index contributed by atoms with van der Waals surface area (Å²) in [5.41, 5.74) is 0.947. The van der Waals surface area contributed by atoms with Gasteiger partial charge in [-0.1, -0.05) is 41.6 Å². The Balaban J connectivity index is 1.62. The van der Waals surface area contributed by atoms with Crippen LogP contribution in [0.15, 0.2) is 22.7 Å². The molecule has 2 aliphatic carbocycles. The maximum atomic E-state index is 12.7. The molecule has 2 amide bonds. The van der Waals surface area contributed by atoms with Crippen LogP contribution in [0.25, 0.3) is 0 Å². The van der Waals surface area contributed by atoms with E-state index >= 15 is 0 Å². The number of hydrogen-bond donors (Lipinski definition) is 2. The first-order valence-corrected chi connectivity index (χ1v) is 9.69. The molecule has 0 radical (unpaired) electrons. The van der Waals surface area contributed by atoms with Gasteiger partial charge in [0.2, 0.25) is 11.8 Å². The van der Waals surface area contributed by atoms with Gasteiger partial charge in [0.05, 0.1) is 0 Å². The van der Waals surface area contributed by atoms with Gasteiger partial charge in [0, 0.05) is 16.2 Å². The van der Waals surface area contributed by atoms with Crippen LogP contribution in [0.4, 0.5) is 5.69 Å². The third-order valence-corrected chi connectivity index (χ3v) is 6.12. The van der Waals surface area contributed by atoms with Gasteiger partial charge in [-0.15, -0.1) is 0 Å². The van der Waals surface area contributed by atoms with E-state index in [4.69, 9.17) is 0 Å². The highest BCUT2D eigenvalue weighted by atomic mass is 79.9. The highest BCUT2D eigenvalue weighted by molar-refractivity contribution is 9.10. The Morgan fingerprint density at radius 3 is 2.33 bits per heavy atom. The number of halogens is 1. The molecule has 0 aromatic heterocycles. The summed E-state index contributed by atoms with van der Waals surface area (Å²) in [7, 11) is 0. The minimum absolute atomic E-state index is 0.0827. The molecule has 1 aromatic rings. The zero-order valence-corrected chi connectivity index (χ0v) is 15.7.